The highest BCUT2D eigenvalue weighted by atomic mass is 16.5. The lowest BCUT2D eigenvalue weighted by atomic mass is 10.1. The summed E-state index contributed by atoms with van der Waals surface area (Å²) in [6.45, 7) is 5.43. The Morgan fingerprint density at radius 2 is 1.76 bits per heavy atom. The Balaban J connectivity index is 3.47. The van der Waals surface area contributed by atoms with E-state index < -0.39 is 0 Å². The van der Waals surface area contributed by atoms with Crippen molar-refractivity contribution in [3.8, 4) is 11.5 Å². The van der Waals surface area contributed by atoms with Crippen LogP contribution in [-0.2, 0) is 4.79 Å². The first-order chi connectivity index (χ1) is 7.93. The molecule has 0 heterocycles. The number of carbonyl (C=O) groups is 1. The van der Waals surface area contributed by atoms with E-state index in [1.807, 2.05) is 19.9 Å². The van der Waals surface area contributed by atoms with Gasteiger partial charge in [-0.05, 0) is 25.0 Å². The van der Waals surface area contributed by atoms with Crippen LogP contribution in [-0.4, -0.2) is 27.2 Å². The number of carbonyl (C=O) groups excluding carboxylic acids is 1. The molecule has 4 heteroatoms. The molecule has 4 nitrogen and oxygen atoms in total. The van der Waals surface area contributed by atoms with Crippen LogP contribution in [0.25, 0.3) is 0 Å². The maximum Gasteiger partial charge on any atom is 0.223 e. The van der Waals surface area contributed by atoms with Gasteiger partial charge in [0.1, 0.15) is 11.5 Å². The zero-order valence-electron chi connectivity index (χ0n) is 11.2. The summed E-state index contributed by atoms with van der Waals surface area (Å²) in [6.07, 6.45) is 0. The second-order valence-corrected chi connectivity index (χ2v) is 3.96. The lowest BCUT2D eigenvalue weighted by molar-refractivity contribution is -0.116. The van der Waals surface area contributed by atoms with Crippen molar-refractivity contribution in [2.24, 2.45) is 0 Å². The first-order valence-electron chi connectivity index (χ1n) is 5.40. The Kier molecular flexibility index (Phi) is 3.99. The van der Waals surface area contributed by atoms with Crippen molar-refractivity contribution in [3.05, 3.63) is 17.2 Å². The predicted octanol–water partition coefficient (Wildman–Crippen LogP) is 2.30. The van der Waals surface area contributed by atoms with Crippen LogP contribution in [0.1, 0.15) is 18.1 Å². The highest BCUT2D eigenvalue weighted by molar-refractivity contribution is 5.93. The average molecular weight is 237 g/mol. The Hall–Kier alpha value is -1.71. The van der Waals surface area contributed by atoms with E-state index in [0.29, 0.717) is 5.75 Å². The van der Waals surface area contributed by atoms with Gasteiger partial charge in [-0.15, -0.1) is 0 Å². The van der Waals surface area contributed by atoms with E-state index in [9.17, 15) is 4.79 Å². The van der Waals surface area contributed by atoms with E-state index in [-0.39, 0.29) is 5.91 Å². The van der Waals surface area contributed by atoms with E-state index in [2.05, 4.69) is 0 Å². The van der Waals surface area contributed by atoms with Gasteiger partial charge in [-0.2, -0.15) is 0 Å². The number of methoxy groups -OCH3 is 2. The standard InChI is InChI=1S/C13H19NO3/c1-8-9(2)13(17-6)11(7-12(8)16-5)14(4)10(3)15/h7H,1-6H3. The van der Waals surface area contributed by atoms with Crippen molar-refractivity contribution in [3.63, 3.8) is 0 Å². The molecule has 0 spiro atoms. The monoisotopic (exact) mass is 237 g/mol. The molecule has 1 amide bonds. The number of hydrogen-bond donors (Lipinski definition) is 0. The lowest BCUT2D eigenvalue weighted by Crippen LogP contribution is -2.23. The highest BCUT2D eigenvalue weighted by Crippen LogP contribution is 2.38. The number of amides is 1. The zero-order chi connectivity index (χ0) is 13.2. The number of nitrogens with zero attached hydrogens (tertiary/aromatic N) is 1. The van der Waals surface area contributed by atoms with Gasteiger partial charge in [-0.1, -0.05) is 0 Å². The maximum atomic E-state index is 11.4. The molecule has 0 fully saturated rings. The Labute approximate surface area is 102 Å². The second-order valence-electron chi connectivity index (χ2n) is 3.96. The molecule has 94 valence electrons. The fourth-order valence-corrected chi connectivity index (χ4v) is 1.73. The molecule has 0 saturated heterocycles. The van der Waals surface area contributed by atoms with E-state index in [1.165, 1.54) is 6.92 Å². The van der Waals surface area contributed by atoms with Crippen molar-refractivity contribution in [1.29, 1.82) is 0 Å². The van der Waals surface area contributed by atoms with Gasteiger partial charge in [0.25, 0.3) is 0 Å². The average Bonchev–Trinajstić information content (AvgIpc) is 2.31. The van der Waals surface area contributed by atoms with Gasteiger partial charge in [0.15, 0.2) is 0 Å². The maximum absolute atomic E-state index is 11.4. The van der Waals surface area contributed by atoms with Crippen molar-refractivity contribution in [1.82, 2.24) is 0 Å². The van der Waals surface area contributed by atoms with E-state index in [4.69, 9.17) is 9.47 Å². The molecule has 0 radical (unpaired) electrons. The molecule has 0 aliphatic carbocycles. The minimum Gasteiger partial charge on any atom is -0.496 e. The Morgan fingerprint density at radius 3 is 2.18 bits per heavy atom. The molecule has 0 N–H and O–H groups in total. The second kappa shape index (κ2) is 5.08. The molecule has 0 atom stereocenters. The smallest absolute Gasteiger partial charge is 0.223 e. The van der Waals surface area contributed by atoms with Gasteiger partial charge >= 0.3 is 0 Å². The van der Waals surface area contributed by atoms with Gasteiger partial charge in [0, 0.05) is 20.0 Å². The molecule has 0 saturated carbocycles. The molecule has 0 aromatic heterocycles. The van der Waals surface area contributed by atoms with Gasteiger partial charge in [0.2, 0.25) is 5.91 Å². The van der Waals surface area contributed by atoms with Crippen LogP contribution in [0.3, 0.4) is 0 Å². The number of hydrogen-bond acceptors (Lipinski definition) is 3. The molecule has 1 aromatic rings. The normalized spacial score (nSPS) is 10.0. The summed E-state index contributed by atoms with van der Waals surface area (Å²) in [5.74, 6) is 1.42. The van der Waals surface area contributed by atoms with Crippen LogP contribution in [0.2, 0.25) is 0 Å². The van der Waals surface area contributed by atoms with Gasteiger partial charge in [-0.25, -0.2) is 0 Å². The summed E-state index contributed by atoms with van der Waals surface area (Å²) in [4.78, 5) is 13.0. The molecule has 0 aliphatic rings. The van der Waals surface area contributed by atoms with Crippen LogP contribution in [0.4, 0.5) is 5.69 Å². The summed E-state index contributed by atoms with van der Waals surface area (Å²) < 4.78 is 10.7. The largest absolute Gasteiger partial charge is 0.496 e. The molecule has 0 aliphatic heterocycles. The van der Waals surface area contributed by atoms with E-state index in [0.717, 1.165) is 22.6 Å². The third kappa shape index (κ3) is 2.35. The first-order valence-corrected chi connectivity index (χ1v) is 5.40. The number of anilines is 1. The van der Waals surface area contributed by atoms with E-state index >= 15 is 0 Å². The number of rotatable bonds is 3. The molecule has 0 bridgehead atoms. The fourth-order valence-electron chi connectivity index (χ4n) is 1.73. The SMILES string of the molecule is COc1cc(N(C)C(C)=O)c(OC)c(C)c1C. The Bertz CT molecular complexity index is 441. The van der Waals surface area contributed by atoms with E-state index in [1.54, 1.807) is 26.2 Å². The zero-order valence-corrected chi connectivity index (χ0v) is 11.2. The van der Waals surface area contributed by atoms with Crippen LogP contribution >= 0.6 is 0 Å². The number of benzene rings is 1. The first kappa shape index (κ1) is 13.4. The molecule has 0 unspecified atom stereocenters. The molecule has 1 aromatic carbocycles. The fraction of sp³-hybridized carbons (Fsp3) is 0.462. The summed E-state index contributed by atoms with van der Waals surface area (Å²) >= 11 is 0. The number of ether oxygens (including phenoxy) is 2. The molecule has 1 rings (SSSR count). The van der Waals surface area contributed by atoms with Gasteiger partial charge in [0.05, 0.1) is 19.9 Å². The van der Waals surface area contributed by atoms with Crippen LogP contribution in [0.15, 0.2) is 6.07 Å². The van der Waals surface area contributed by atoms with Crippen LogP contribution in [0, 0.1) is 13.8 Å². The van der Waals surface area contributed by atoms with Crippen molar-refractivity contribution in [2.75, 3.05) is 26.2 Å². The van der Waals surface area contributed by atoms with Crippen LogP contribution in [0.5, 0.6) is 11.5 Å². The third-order valence-corrected chi connectivity index (χ3v) is 3.03. The summed E-state index contributed by atoms with van der Waals surface area (Å²) in [5.41, 5.74) is 2.72. The molecular weight excluding hydrogens is 218 g/mol. The minimum atomic E-state index is -0.0476. The summed E-state index contributed by atoms with van der Waals surface area (Å²) in [7, 11) is 4.94. The van der Waals surface area contributed by atoms with Gasteiger partial charge in [-0.3, -0.25) is 4.79 Å². The van der Waals surface area contributed by atoms with Crippen LogP contribution < -0.4 is 14.4 Å². The van der Waals surface area contributed by atoms with Gasteiger partial charge < -0.3 is 14.4 Å². The Morgan fingerprint density at radius 1 is 1.18 bits per heavy atom. The summed E-state index contributed by atoms with van der Waals surface area (Å²) in [6, 6.07) is 1.82. The quantitative estimate of drug-likeness (QED) is 0.809. The lowest BCUT2D eigenvalue weighted by Gasteiger charge is -2.22. The third-order valence-electron chi connectivity index (χ3n) is 3.03. The molecular formula is C13H19NO3. The molecule has 17 heavy (non-hydrogen) atoms. The van der Waals surface area contributed by atoms with Crippen molar-refractivity contribution < 1.29 is 14.3 Å². The topological polar surface area (TPSA) is 38.8 Å². The van der Waals surface area contributed by atoms with Crippen molar-refractivity contribution in [2.45, 2.75) is 20.8 Å². The van der Waals surface area contributed by atoms with Crippen molar-refractivity contribution >= 4 is 11.6 Å². The predicted molar refractivity (Wildman–Crippen MR) is 68.1 cm³/mol. The highest BCUT2D eigenvalue weighted by Gasteiger charge is 2.18. The summed E-state index contributed by atoms with van der Waals surface area (Å²) in [5, 5.41) is 0. The minimum absolute atomic E-state index is 0.0476.